The predicted octanol–water partition coefficient (Wildman–Crippen LogP) is 5.64. The van der Waals surface area contributed by atoms with E-state index in [9.17, 15) is 10.1 Å². The molecule has 2 aromatic heterocycles. The molecule has 5 rings (SSSR count). The minimum absolute atomic E-state index is 0.0104. The molecule has 4 aromatic rings. The van der Waals surface area contributed by atoms with Gasteiger partial charge < -0.3 is 24.3 Å². The number of non-ortho nitro benzene ring substituents is 1. The van der Waals surface area contributed by atoms with E-state index in [1.807, 2.05) is 64.2 Å². The van der Waals surface area contributed by atoms with E-state index in [1.54, 1.807) is 31.5 Å². The van der Waals surface area contributed by atoms with Crippen LogP contribution in [0.3, 0.4) is 0 Å². The Morgan fingerprint density at radius 3 is 2.68 bits per heavy atom. The van der Waals surface area contributed by atoms with E-state index in [1.165, 1.54) is 6.07 Å². The zero-order valence-corrected chi connectivity index (χ0v) is 21.9. The molecule has 2 atom stereocenters. The summed E-state index contributed by atoms with van der Waals surface area (Å²) in [7, 11) is 1.61. The quantitative estimate of drug-likeness (QED) is 0.124. The van der Waals surface area contributed by atoms with Gasteiger partial charge in [0.05, 0.1) is 34.0 Å². The highest BCUT2D eigenvalue weighted by molar-refractivity contribution is 7.80. The lowest BCUT2D eigenvalue weighted by Crippen LogP contribution is -2.30. The molecule has 0 spiro atoms. The molecule has 194 valence electrons. The minimum atomic E-state index is -0.403. The Labute approximate surface area is 229 Å². The van der Waals surface area contributed by atoms with Crippen LogP contribution in [0.25, 0.3) is 5.69 Å². The van der Waals surface area contributed by atoms with Gasteiger partial charge >= 0.3 is 0 Å². The zero-order valence-electron chi connectivity index (χ0n) is 20.4. The molecule has 0 unspecified atom stereocenters. The maximum Gasteiger partial charge on any atom is 0.271 e. The van der Waals surface area contributed by atoms with Crippen LogP contribution in [-0.4, -0.2) is 39.9 Å². The minimum Gasteiger partial charge on any atom is -0.490 e. The third-order valence-corrected chi connectivity index (χ3v) is 6.85. The summed E-state index contributed by atoms with van der Waals surface area (Å²) in [5, 5.41) is 15.8. The lowest BCUT2D eigenvalue weighted by Gasteiger charge is -2.29. The highest BCUT2D eigenvalue weighted by Crippen LogP contribution is 2.43. The Kier molecular flexibility index (Phi) is 7.54. The fraction of sp³-hybridized carbons (Fsp3) is 0.185. The number of thiocarbonyl (C=S) groups is 1. The summed E-state index contributed by atoms with van der Waals surface area (Å²) in [6.07, 6.45) is 3.62. The second-order valence-corrected chi connectivity index (χ2v) is 9.33. The molecule has 1 aliphatic heterocycles. The average Bonchev–Trinajstić information content (AvgIpc) is 3.54. The van der Waals surface area contributed by atoms with Gasteiger partial charge in [0.25, 0.3) is 5.69 Å². The van der Waals surface area contributed by atoms with Crippen molar-refractivity contribution in [3.8, 4) is 11.4 Å². The SMILES string of the molecule is COCCOc1ccc(N2C(=S)N[C@@H](c3ccccn3)[C@H]2c2cccn2-c2cccc([N+](=O)[O-])c2)cc1Cl. The first-order valence-electron chi connectivity index (χ1n) is 11.8. The van der Waals surface area contributed by atoms with Gasteiger partial charge in [-0.15, -0.1) is 0 Å². The number of methoxy groups -OCH3 is 1. The van der Waals surface area contributed by atoms with Gasteiger partial charge in [0.1, 0.15) is 18.4 Å². The van der Waals surface area contributed by atoms with Crippen molar-refractivity contribution in [2.45, 2.75) is 12.1 Å². The van der Waals surface area contributed by atoms with Crippen LogP contribution in [0.2, 0.25) is 5.02 Å². The van der Waals surface area contributed by atoms with E-state index in [2.05, 4.69) is 10.3 Å². The molecule has 1 aliphatic rings. The first-order valence-corrected chi connectivity index (χ1v) is 12.6. The Morgan fingerprint density at radius 1 is 1.08 bits per heavy atom. The van der Waals surface area contributed by atoms with Crippen molar-refractivity contribution in [3.05, 3.63) is 112 Å². The number of hydrogen-bond donors (Lipinski definition) is 1. The van der Waals surface area contributed by atoms with E-state index in [0.29, 0.717) is 34.8 Å². The number of benzene rings is 2. The molecular formula is C27H24ClN5O4S. The molecule has 1 fully saturated rings. The summed E-state index contributed by atoms with van der Waals surface area (Å²) in [4.78, 5) is 17.6. The predicted molar refractivity (Wildman–Crippen MR) is 149 cm³/mol. The first kappa shape index (κ1) is 25.7. The maximum atomic E-state index is 11.4. The molecule has 0 saturated carbocycles. The number of halogens is 1. The van der Waals surface area contributed by atoms with Crippen molar-refractivity contribution >= 4 is 40.3 Å². The lowest BCUT2D eigenvalue weighted by molar-refractivity contribution is -0.384. The molecule has 9 nitrogen and oxygen atoms in total. The average molecular weight is 550 g/mol. The molecule has 2 aromatic carbocycles. The zero-order chi connectivity index (χ0) is 26.6. The van der Waals surface area contributed by atoms with Crippen molar-refractivity contribution in [2.24, 2.45) is 0 Å². The lowest BCUT2D eigenvalue weighted by atomic mass is 10.0. The number of rotatable bonds is 9. The van der Waals surface area contributed by atoms with E-state index >= 15 is 0 Å². The van der Waals surface area contributed by atoms with E-state index in [4.69, 9.17) is 33.3 Å². The summed E-state index contributed by atoms with van der Waals surface area (Å²) >= 11 is 12.4. The fourth-order valence-corrected chi connectivity index (χ4v) is 5.13. The van der Waals surface area contributed by atoms with E-state index < -0.39 is 4.92 Å². The Balaban J connectivity index is 1.59. The topological polar surface area (TPSA) is 94.7 Å². The molecule has 1 saturated heterocycles. The molecule has 11 heteroatoms. The fourth-order valence-electron chi connectivity index (χ4n) is 4.55. The van der Waals surface area contributed by atoms with Crippen LogP contribution < -0.4 is 15.0 Å². The number of nitrogens with one attached hydrogen (secondary N) is 1. The van der Waals surface area contributed by atoms with Gasteiger partial charge in [0.2, 0.25) is 0 Å². The van der Waals surface area contributed by atoms with Crippen molar-refractivity contribution in [1.29, 1.82) is 0 Å². The highest BCUT2D eigenvalue weighted by Gasteiger charge is 2.42. The van der Waals surface area contributed by atoms with Crippen LogP contribution in [0, 0.1) is 10.1 Å². The summed E-state index contributed by atoms with van der Waals surface area (Å²) in [6, 6.07) is 21.0. The Hall–Kier alpha value is -3.99. The molecule has 0 bridgehead atoms. The van der Waals surface area contributed by atoms with E-state index in [-0.39, 0.29) is 17.8 Å². The number of nitro groups is 1. The van der Waals surface area contributed by atoms with Crippen LogP contribution in [0.1, 0.15) is 23.5 Å². The van der Waals surface area contributed by atoms with Gasteiger partial charge in [0, 0.05) is 43.0 Å². The van der Waals surface area contributed by atoms with E-state index in [0.717, 1.165) is 17.1 Å². The van der Waals surface area contributed by atoms with Gasteiger partial charge in [-0.1, -0.05) is 23.7 Å². The standard InChI is InChI=1S/C27H24ClN5O4S/c1-36-14-15-37-24-11-10-19(17-21(24)28)32-26(25(30-27(32)38)22-8-2-3-12-29-22)23-9-5-13-31(23)18-6-4-7-20(16-18)33(34)35/h2-13,16-17,25-26H,14-15H2,1H3,(H,30,38)/t25-,26+/m0/s1. The third-order valence-electron chi connectivity index (χ3n) is 6.24. The smallest absolute Gasteiger partial charge is 0.271 e. The van der Waals surface area contributed by atoms with Gasteiger partial charge in [-0.3, -0.25) is 15.1 Å². The van der Waals surface area contributed by atoms with Crippen molar-refractivity contribution in [2.75, 3.05) is 25.2 Å². The van der Waals surface area contributed by atoms with Crippen molar-refractivity contribution in [1.82, 2.24) is 14.9 Å². The molecule has 1 N–H and O–H groups in total. The number of hydrogen-bond acceptors (Lipinski definition) is 6. The molecule has 0 aliphatic carbocycles. The molecule has 0 amide bonds. The number of nitrogens with zero attached hydrogens (tertiary/aromatic N) is 4. The first-order chi connectivity index (χ1) is 18.5. The molecule has 0 radical (unpaired) electrons. The third kappa shape index (κ3) is 5.06. The second kappa shape index (κ2) is 11.2. The van der Waals surface area contributed by atoms with Crippen LogP contribution in [0.5, 0.6) is 5.75 Å². The van der Waals surface area contributed by atoms with Crippen molar-refractivity contribution < 1.29 is 14.4 Å². The largest absolute Gasteiger partial charge is 0.490 e. The maximum absolute atomic E-state index is 11.4. The highest BCUT2D eigenvalue weighted by atomic mass is 35.5. The number of nitro benzene ring substituents is 1. The van der Waals surface area contributed by atoms with Crippen LogP contribution in [0.15, 0.2) is 85.2 Å². The Morgan fingerprint density at radius 2 is 1.95 bits per heavy atom. The van der Waals surface area contributed by atoms with Crippen molar-refractivity contribution in [3.63, 3.8) is 0 Å². The van der Waals surface area contributed by atoms with Gasteiger partial charge in [-0.2, -0.15) is 0 Å². The molecule has 3 heterocycles. The Bertz CT molecular complexity index is 1460. The molecular weight excluding hydrogens is 526 g/mol. The summed E-state index contributed by atoms with van der Waals surface area (Å²) in [5.74, 6) is 0.545. The molecule has 38 heavy (non-hydrogen) atoms. The van der Waals surface area contributed by atoms with Gasteiger partial charge in [-0.05, 0) is 60.7 Å². The second-order valence-electron chi connectivity index (χ2n) is 8.53. The number of pyridine rings is 1. The van der Waals surface area contributed by atoms with Gasteiger partial charge in [0.15, 0.2) is 5.11 Å². The normalized spacial score (nSPS) is 16.9. The van der Waals surface area contributed by atoms with Crippen LogP contribution in [0.4, 0.5) is 11.4 Å². The summed E-state index contributed by atoms with van der Waals surface area (Å²) in [6.45, 7) is 0.820. The summed E-state index contributed by atoms with van der Waals surface area (Å²) in [5.41, 5.74) is 3.11. The van der Waals surface area contributed by atoms with Crippen LogP contribution in [-0.2, 0) is 4.74 Å². The van der Waals surface area contributed by atoms with Crippen LogP contribution >= 0.6 is 23.8 Å². The monoisotopic (exact) mass is 549 g/mol. The number of aromatic nitrogens is 2. The van der Waals surface area contributed by atoms with Gasteiger partial charge in [-0.25, -0.2) is 0 Å². The number of anilines is 1. The summed E-state index contributed by atoms with van der Waals surface area (Å²) < 4.78 is 12.7. The number of ether oxygens (including phenoxy) is 2.